The van der Waals surface area contributed by atoms with Gasteiger partial charge in [0.1, 0.15) is 6.33 Å². The Morgan fingerprint density at radius 3 is 2.87 bits per heavy atom. The quantitative estimate of drug-likeness (QED) is 0.743. The zero-order valence-corrected chi connectivity index (χ0v) is 13.4. The van der Waals surface area contributed by atoms with E-state index in [9.17, 15) is 0 Å². The fraction of sp³-hybridized carbons (Fsp3) is 0.389. The van der Waals surface area contributed by atoms with Crippen LogP contribution in [0.25, 0.3) is 11.2 Å². The minimum atomic E-state index is 0.537. The normalized spacial score (nSPS) is 18.0. The largest absolute Gasteiger partial charge is 0.352 e. The Bertz CT molecular complexity index is 796. The molecular formula is C18H21N5. The summed E-state index contributed by atoms with van der Waals surface area (Å²) in [5, 5.41) is 0. The molecule has 1 saturated heterocycles. The lowest BCUT2D eigenvalue weighted by molar-refractivity contribution is 0.607. The maximum Gasteiger partial charge on any atom is 0.165 e. The predicted molar refractivity (Wildman–Crippen MR) is 91.4 cm³/mol. The Kier molecular flexibility index (Phi) is 3.69. The third-order valence-electron chi connectivity index (χ3n) is 4.74. The number of aryl methyl sites for hydroxylation is 2. The molecule has 5 nitrogen and oxygen atoms in total. The van der Waals surface area contributed by atoms with Crippen molar-refractivity contribution >= 4 is 17.0 Å². The number of benzene rings is 1. The van der Waals surface area contributed by atoms with Gasteiger partial charge in [-0.1, -0.05) is 30.3 Å². The number of hydrogen-bond donors (Lipinski definition) is 0. The van der Waals surface area contributed by atoms with E-state index in [4.69, 9.17) is 0 Å². The summed E-state index contributed by atoms with van der Waals surface area (Å²) in [6.07, 6.45) is 8.19. The van der Waals surface area contributed by atoms with E-state index in [1.807, 2.05) is 17.9 Å². The molecule has 1 aliphatic heterocycles. The minimum absolute atomic E-state index is 0.537. The van der Waals surface area contributed by atoms with Crippen LogP contribution in [0.3, 0.4) is 0 Å². The van der Waals surface area contributed by atoms with Gasteiger partial charge in [-0.2, -0.15) is 0 Å². The van der Waals surface area contributed by atoms with Crippen molar-refractivity contribution in [3.63, 3.8) is 0 Å². The first-order valence-electron chi connectivity index (χ1n) is 8.25. The molecule has 0 radical (unpaired) electrons. The highest BCUT2D eigenvalue weighted by Gasteiger charge is 2.27. The average molecular weight is 307 g/mol. The fourth-order valence-electron chi connectivity index (χ4n) is 3.54. The molecule has 0 amide bonds. The lowest BCUT2D eigenvalue weighted by Crippen LogP contribution is -2.30. The number of nitrogens with zero attached hydrogens (tertiary/aromatic N) is 5. The lowest BCUT2D eigenvalue weighted by atomic mass is 10.0. The van der Waals surface area contributed by atoms with Crippen molar-refractivity contribution in [1.82, 2.24) is 19.5 Å². The summed E-state index contributed by atoms with van der Waals surface area (Å²) < 4.78 is 1.95. The molecule has 0 bridgehead atoms. The van der Waals surface area contributed by atoms with E-state index in [0.717, 1.165) is 36.4 Å². The van der Waals surface area contributed by atoms with Gasteiger partial charge < -0.3 is 9.47 Å². The molecule has 3 aromatic rings. The van der Waals surface area contributed by atoms with Gasteiger partial charge in [0.25, 0.3) is 0 Å². The average Bonchev–Trinajstić information content (AvgIpc) is 3.21. The highest BCUT2D eigenvalue weighted by Crippen LogP contribution is 2.30. The van der Waals surface area contributed by atoms with Crippen LogP contribution in [0.5, 0.6) is 0 Å². The Morgan fingerprint density at radius 1 is 1.13 bits per heavy atom. The minimum Gasteiger partial charge on any atom is -0.352 e. The topological polar surface area (TPSA) is 46.8 Å². The smallest absolute Gasteiger partial charge is 0.165 e. The van der Waals surface area contributed by atoms with Crippen molar-refractivity contribution in [3.8, 4) is 0 Å². The maximum absolute atomic E-state index is 4.55. The molecule has 1 atom stereocenters. The van der Waals surface area contributed by atoms with Gasteiger partial charge in [-0.05, 0) is 31.2 Å². The first-order chi connectivity index (χ1) is 11.3. The van der Waals surface area contributed by atoms with Gasteiger partial charge in [0.05, 0.1) is 6.33 Å². The van der Waals surface area contributed by atoms with Crippen molar-refractivity contribution in [2.24, 2.45) is 7.05 Å². The van der Waals surface area contributed by atoms with E-state index >= 15 is 0 Å². The van der Waals surface area contributed by atoms with E-state index in [1.54, 1.807) is 6.33 Å². The van der Waals surface area contributed by atoms with Crippen LogP contribution in [-0.4, -0.2) is 32.1 Å². The number of rotatable bonds is 4. The number of anilines is 1. The first-order valence-corrected chi connectivity index (χ1v) is 8.25. The van der Waals surface area contributed by atoms with Crippen molar-refractivity contribution in [2.75, 3.05) is 11.4 Å². The summed E-state index contributed by atoms with van der Waals surface area (Å²) in [6, 6.07) is 11.3. The SMILES string of the molecule is Cn1cnc2c(N3CCCC3CCc3ccccc3)ncnc21. The summed E-state index contributed by atoms with van der Waals surface area (Å²) >= 11 is 0. The second kappa shape index (κ2) is 5.99. The molecule has 0 aliphatic carbocycles. The van der Waals surface area contributed by atoms with Crippen molar-refractivity contribution in [1.29, 1.82) is 0 Å². The molecule has 1 unspecified atom stereocenters. The summed E-state index contributed by atoms with van der Waals surface area (Å²) in [4.78, 5) is 15.8. The second-order valence-corrected chi connectivity index (χ2v) is 6.24. The standard InChI is InChI=1S/C18H21N5/c1-22-13-21-16-17(22)19-12-20-18(16)23-11-5-8-15(23)10-9-14-6-3-2-4-7-14/h2-4,6-7,12-13,15H,5,8-11H2,1H3. The van der Waals surface area contributed by atoms with Gasteiger partial charge in [-0.25, -0.2) is 15.0 Å². The Balaban J connectivity index is 1.57. The summed E-state index contributed by atoms with van der Waals surface area (Å²) in [5.74, 6) is 0.992. The molecule has 4 rings (SSSR count). The van der Waals surface area contributed by atoms with Crippen LogP contribution in [0.4, 0.5) is 5.82 Å². The second-order valence-electron chi connectivity index (χ2n) is 6.24. The first kappa shape index (κ1) is 14.2. The highest BCUT2D eigenvalue weighted by atomic mass is 15.3. The van der Waals surface area contributed by atoms with Gasteiger partial charge in [-0.3, -0.25) is 0 Å². The van der Waals surface area contributed by atoms with E-state index in [0.29, 0.717) is 6.04 Å². The van der Waals surface area contributed by atoms with E-state index < -0.39 is 0 Å². The van der Waals surface area contributed by atoms with Gasteiger partial charge >= 0.3 is 0 Å². The Labute approximate surface area is 136 Å². The van der Waals surface area contributed by atoms with Gasteiger partial charge in [0.15, 0.2) is 17.0 Å². The van der Waals surface area contributed by atoms with Crippen LogP contribution in [0.2, 0.25) is 0 Å². The molecular weight excluding hydrogens is 286 g/mol. The zero-order valence-electron chi connectivity index (χ0n) is 13.4. The molecule has 23 heavy (non-hydrogen) atoms. The number of imidazole rings is 1. The van der Waals surface area contributed by atoms with Gasteiger partial charge in [0, 0.05) is 19.6 Å². The van der Waals surface area contributed by atoms with E-state index in [-0.39, 0.29) is 0 Å². The zero-order chi connectivity index (χ0) is 15.6. The third kappa shape index (κ3) is 2.67. The maximum atomic E-state index is 4.55. The Morgan fingerprint density at radius 2 is 2.00 bits per heavy atom. The summed E-state index contributed by atoms with van der Waals surface area (Å²) in [5.41, 5.74) is 3.23. The third-order valence-corrected chi connectivity index (χ3v) is 4.74. The molecule has 1 aliphatic rings. The molecule has 0 spiro atoms. The van der Waals surface area contributed by atoms with Crippen LogP contribution < -0.4 is 4.90 Å². The molecule has 118 valence electrons. The molecule has 0 saturated carbocycles. The predicted octanol–water partition coefficient (Wildman–Crippen LogP) is 2.96. The van der Waals surface area contributed by atoms with Gasteiger partial charge in [0.2, 0.25) is 0 Å². The summed E-state index contributed by atoms with van der Waals surface area (Å²) in [7, 11) is 1.98. The van der Waals surface area contributed by atoms with E-state index in [2.05, 4.69) is 50.2 Å². The van der Waals surface area contributed by atoms with Crippen LogP contribution in [-0.2, 0) is 13.5 Å². The highest BCUT2D eigenvalue weighted by molar-refractivity contribution is 5.83. The Hall–Kier alpha value is -2.43. The van der Waals surface area contributed by atoms with Crippen LogP contribution in [0.15, 0.2) is 43.0 Å². The number of aromatic nitrogens is 4. The molecule has 3 heterocycles. The van der Waals surface area contributed by atoms with Crippen molar-refractivity contribution in [2.45, 2.75) is 31.7 Å². The number of hydrogen-bond acceptors (Lipinski definition) is 4. The molecule has 2 aromatic heterocycles. The molecule has 1 fully saturated rings. The van der Waals surface area contributed by atoms with E-state index in [1.165, 1.54) is 18.4 Å². The molecule has 5 heteroatoms. The van der Waals surface area contributed by atoms with Crippen molar-refractivity contribution in [3.05, 3.63) is 48.5 Å². The van der Waals surface area contributed by atoms with Crippen LogP contribution in [0, 0.1) is 0 Å². The molecule has 0 N–H and O–H groups in total. The summed E-state index contributed by atoms with van der Waals surface area (Å²) in [6.45, 7) is 1.06. The van der Waals surface area contributed by atoms with Crippen LogP contribution in [0.1, 0.15) is 24.8 Å². The molecule has 1 aromatic carbocycles. The number of fused-ring (bicyclic) bond motifs is 1. The van der Waals surface area contributed by atoms with Crippen molar-refractivity contribution < 1.29 is 0 Å². The fourth-order valence-corrected chi connectivity index (χ4v) is 3.54. The van der Waals surface area contributed by atoms with Crippen LogP contribution >= 0.6 is 0 Å². The van der Waals surface area contributed by atoms with Gasteiger partial charge in [-0.15, -0.1) is 0 Å². The lowest BCUT2D eigenvalue weighted by Gasteiger charge is -2.25. The monoisotopic (exact) mass is 307 g/mol.